The minimum atomic E-state index is -0.0973. The lowest BCUT2D eigenvalue weighted by atomic mass is 10.2. The molecular weight excluding hydrogens is 360 g/mol. The Kier molecular flexibility index (Phi) is 31.1. The molecule has 0 fully saturated rings. The topological polar surface area (TPSA) is 89.4 Å². The van der Waals surface area contributed by atoms with Crippen molar-refractivity contribution < 1.29 is 24.1 Å². The first-order valence-electron chi connectivity index (χ1n) is 10.2. The first-order chi connectivity index (χ1) is 13.4. The van der Waals surface area contributed by atoms with Gasteiger partial charge in [0.15, 0.2) is 5.88 Å². The lowest BCUT2D eigenvalue weighted by Gasteiger charge is -2.17. The zero-order valence-electron chi connectivity index (χ0n) is 19.0. The SMILES string of the molecule is C=C(NCCOC)OC(C)CCCC.CCCCC(C)O.COCCN=C=O. The van der Waals surface area contributed by atoms with E-state index in [-0.39, 0.29) is 12.2 Å². The van der Waals surface area contributed by atoms with Crippen molar-refractivity contribution in [2.24, 2.45) is 4.99 Å². The Labute approximate surface area is 172 Å². The van der Waals surface area contributed by atoms with Crippen molar-refractivity contribution in [3.05, 3.63) is 12.5 Å². The molecular formula is C21H44N2O5. The number of nitrogens with one attached hydrogen (secondary N) is 1. The Morgan fingerprint density at radius 2 is 1.68 bits per heavy atom. The van der Waals surface area contributed by atoms with Gasteiger partial charge in [-0.05, 0) is 33.3 Å². The molecule has 0 heterocycles. The summed E-state index contributed by atoms with van der Waals surface area (Å²) in [6.07, 6.45) is 8.33. The van der Waals surface area contributed by atoms with E-state index in [1.165, 1.54) is 25.3 Å². The van der Waals surface area contributed by atoms with Gasteiger partial charge in [-0.1, -0.05) is 39.5 Å². The van der Waals surface area contributed by atoms with Gasteiger partial charge in [0.25, 0.3) is 0 Å². The van der Waals surface area contributed by atoms with Gasteiger partial charge in [0.2, 0.25) is 6.08 Å². The molecule has 0 aliphatic carbocycles. The zero-order chi connectivity index (χ0) is 22.0. The largest absolute Gasteiger partial charge is 0.477 e. The molecule has 2 atom stereocenters. The van der Waals surface area contributed by atoms with Crippen LogP contribution in [0.5, 0.6) is 0 Å². The van der Waals surface area contributed by atoms with Gasteiger partial charge in [0, 0.05) is 20.8 Å². The Morgan fingerprint density at radius 1 is 1.11 bits per heavy atom. The van der Waals surface area contributed by atoms with Crippen LogP contribution >= 0.6 is 0 Å². The molecule has 7 heteroatoms. The summed E-state index contributed by atoms with van der Waals surface area (Å²) in [5.41, 5.74) is 0. The Bertz CT molecular complexity index is 359. The van der Waals surface area contributed by atoms with E-state index in [0.717, 1.165) is 25.8 Å². The second-order valence-corrected chi connectivity index (χ2v) is 6.37. The number of hydrogen-bond acceptors (Lipinski definition) is 7. The first kappa shape index (κ1) is 31.3. The van der Waals surface area contributed by atoms with Crippen molar-refractivity contribution in [2.75, 3.05) is 40.5 Å². The molecule has 28 heavy (non-hydrogen) atoms. The van der Waals surface area contributed by atoms with Crippen LogP contribution in [-0.4, -0.2) is 63.9 Å². The van der Waals surface area contributed by atoms with Crippen LogP contribution in [0.1, 0.15) is 66.2 Å². The van der Waals surface area contributed by atoms with Crippen molar-refractivity contribution in [2.45, 2.75) is 78.4 Å². The molecule has 7 nitrogen and oxygen atoms in total. The van der Waals surface area contributed by atoms with E-state index < -0.39 is 0 Å². The Hall–Kier alpha value is -1.40. The van der Waals surface area contributed by atoms with E-state index in [0.29, 0.717) is 25.6 Å². The molecule has 0 amide bonds. The normalized spacial score (nSPS) is 11.5. The third-order valence-electron chi connectivity index (χ3n) is 3.38. The molecule has 0 aromatic heterocycles. The van der Waals surface area contributed by atoms with Crippen LogP contribution in [0.3, 0.4) is 0 Å². The number of aliphatic hydroxyl groups excluding tert-OH is 1. The number of rotatable bonds is 15. The van der Waals surface area contributed by atoms with Crippen LogP contribution in [0.15, 0.2) is 17.5 Å². The van der Waals surface area contributed by atoms with E-state index in [1.807, 2.05) is 6.92 Å². The first-order valence-corrected chi connectivity index (χ1v) is 10.2. The number of nitrogens with zero attached hydrogens (tertiary/aromatic N) is 1. The number of carbonyl (C=O) groups excluding carboxylic acids is 1. The molecule has 0 spiro atoms. The number of aliphatic imine (C=N–C) groups is 1. The quantitative estimate of drug-likeness (QED) is 0.187. The van der Waals surface area contributed by atoms with Crippen LogP contribution in [0.4, 0.5) is 0 Å². The standard InChI is InChI=1S/C11H23NO2.C6H14O.C4H7NO2/c1-5-6-7-10(2)14-11(3)12-8-9-13-4;1-3-4-5-6(2)7;1-7-3-2-5-4-6/h10,12H,3,5-9H2,1-2,4H3;6-7H,3-5H2,1-2H3;2-3H2,1H3. The highest BCUT2D eigenvalue weighted by molar-refractivity contribution is 5.32. The molecule has 0 rings (SSSR count). The van der Waals surface area contributed by atoms with Crippen LogP contribution in [0, 0.1) is 0 Å². The third-order valence-corrected chi connectivity index (χ3v) is 3.38. The number of isocyanates is 1. The number of unbranched alkanes of at least 4 members (excludes halogenated alkanes) is 2. The molecule has 0 aromatic carbocycles. The van der Waals surface area contributed by atoms with Gasteiger partial charge in [0.05, 0.1) is 32.0 Å². The minimum Gasteiger partial charge on any atom is -0.477 e. The average Bonchev–Trinajstić information content (AvgIpc) is 2.66. The fraction of sp³-hybridized carbons (Fsp3) is 0.857. The molecule has 168 valence electrons. The monoisotopic (exact) mass is 404 g/mol. The van der Waals surface area contributed by atoms with Crippen molar-refractivity contribution in [1.29, 1.82) is 0 Å². The van der Waals surface area contributed by atoms with E-state index in [4.69, 9.17) is 14.6 Å². The Balaban J connectivity index is -0.000000375. The maximum absolute atomic E-state index is 9.33. The van der Waals surface area contributed by atoms with Gasteiger partial charge in [-0.25, -0.2) is 9.79 Å². The molecule has 0 aliphatic rings. The highest BCUT2D eigenvalue weighted by atomic mass is 16.5. The van der Waals surface area contributed by atoms with E-state index in [9.17, 15) is 4.79 Å². The number of hydrogen-bond donors (Lipinski definition) is 2. The maximum atomic E-state index is 9.33. The van der Waals surface area contributed by atoms with E-state index in [2.05, 4.69) is 42.4 Å². The van der Waals surface area contributed by atoms with Crippen molar-refractivity contribution in [1.82, 2.24) is 5.32 Å². The predicted molar refractivity (Wildman–Crippen MR) is 115 cm³/mol. The minimum absolute atomic E-state index is 0.0973. The lowest BCUT2D eigenvalue weighted by molar-refractivity contribution is 0.103. The molecule has 0 saturated heterocycles. The summed E-state index contributed by atoms with van der Waals surface area (Å²) >= 11 is 0. The van der Waals surface area contributed by atoms with Gasteiger partial charge in [0.1, 0.15) is 0 Å². The van der Waals surface area contributed by atoms with E-state index in [1.54, 1.807) is 14.2 Å². The van der Waals surface area contributed by atoms with Gasteiger partial charge < -0.3 is 24.6 Å². The summed E-state index contributed by atoms with van der Waals surface area (Å²) < 4.78 is 15.0. The average molecular weight is 405 g/mol. The molecule has 0 saturated carbocycles. The van der Waals surface area contributed by atoms with Crippen LogP contribution < -0.4 is 5.32 Å². The van der Waals surface area contributed by atoms with Crippen molar-refractivity contribution in [3.8, 4) is 0 Å². The van der Waals surface area contributed by atoms with Crippen LogP contribution in [0.2, 0.25) is 0 Å². The highest BCUT2D eigenvalue weighted by Gasteiger charge is 2.03. The van der Waals surface area contributed by atoms with Crippen LogP contribution in [-0.2, 0) is 19.0 Å². The molecule has 0 aliphatic heterocycles. The second kappa shape index (κ2) is 27.8. The van der Waals surface area contributed by atoms with Gasteiger partial charge in [-0.2, -0.15) is 0 Å². The van der Waals surface area contributed by atoms with Gasteiger partial charge in [-0.15, -0.1) is 0 Å². The van der Waals surface area contributed by atoms with Crippen LogP contribution in [0.25, 0.3) is 0 Å². The maximum Gasteiger partial charge on any atom is 0.235 e. The highest BCUT2D eigenvalue weighted by Crippen LogP contribution is 2.06. The molecule has 0 aromatic rings. The number of aliphatic hydroxyl groups is 1. The smallest absolute Gasteiger partial charge is 0.235 e. The van der Waals surface area contributed by atoms with Gasteiger partial charge in [-0.3, -0.25) is 0 Å². The molecule has 2 N–H and O–H groups in total. The summed E-state index contributed by atoms with van der Waals surface area (Å²) in [5, 5.41) is 11.7. The lowest BCUT2D eigenvalue weighted by Crippen LogP contribution is -2.22. The summed E-state index contributed by atoms with van der Waals surface area (Å²) in [5.74, 6) is 0.644. The number of methoxy groups -OCH3 is 2. The fourth-order valence-electron chi connectivity index (χ4n) is 1.81. The van der Waals surface area contributed by atoms with Crippen molar-refractivity contribution >= 4 is 6.08 Å². The summed E-state index contributed by atoms with van der Waals surface area (Å²) in [4.78, 5) is 12.6. The van der Waals surface area contributed by atoms with Gasteiger partial charge >= 0.3 is 0 Å². The van der Waals surface area contributed by atoms with E-state index >= 15 is 0 Å². The third kappa shape index (κ3) is 35.7. The predicted octanol–water partition coefficient (Wildman–Crippen LogP) is 3.81. The fourth-order valence-corrected chi connectivity index (χ4v) is 1.81. The molecule has 2 unspecified atom stereocenters. The van der Waals surface area contributed by atoms with Crippen molar-refractivity contribution in [3.63, 3.8) is 0 Å². The molecule has 0 radical (unpaired) electrons. The Morgan fingerprint density at radius 3 is 2.11 bits per heavy atom. The second-order valence-electron chi connectivity index (χ2n) is 6.37. The summed E-state index contributed by atoms with van der Waals surface area (Å²) in [7, 11) is 3.23. The summed E-state index contributed by atoms with van der Waals surface area (Å²) in [6.45, 7) is 14.3. The number of ether oxygens (including phenoxy) is 3. The summed E-state index contributed by atoms with van der Waals surface area (Å²) in [6, 6.07) is 0. The zero-order valence-corrected chi connectivity index (χ0v) is 19.0. The molecule has 0 bridgehead atoms.